The fourth-order valence-electron chi connectivity index (χ4n) is 1.29. The fourth-order valence-corrected chi connectivity index (χ4v) is 1.63. The number of hydrogen-bond acceptors (Lipinski definition) is 3. The van der Waals surface area contributed by atoms with E-state index < -0.39 is 0 Å². The molecule has 0 saturated heterocycles. The summed E-state index contributed by atoms with van der Waals surface area (Å²) in [5.74, 6) is 1.80. The van der Waals surface area contributed by atoms with Crippen molar-refractivity contribution in [1.82, 2.24) is 4.90 Å². The maximum atomic E-state index is 5.10. The molecule has 14 heavy (non-hydrogen) atoms. The minimum absolute atomic E-state index is 0.895. The van der Waals surface area contributed by atoms with Crippen LogP contribution in [0, 0.1) is 0 Å². The molecule has 0 fully saturated rings. The summed E-state index contributed by atoms with van der Waals surface area (Å²) in [6.45, 7) is 1.97. The van der Waals surface area contributed by atoms with Gasteiger partial charge in [0.15, 0.2) is 0 Å². The molecule has 0 spiro atoms. The van der Waals surface area contributed by atoms with E-state index in [0.717, 1.165) is 24.6 Å². The summed E-state index contributed by atoms with van der Waals surface area (Å²) in [6, 6.07) is 8.16. The molecular weight excluding hydrogens is 194 g/mol. The van der Waals surface area contributed by atoms with Crippen LogP contribution < -0.4 is 4.74 Å². The predicted molar refractivity (Wildman–Crippen MR) is 63.2 cm³/mol. The van der Waals surface area contributed by atoms with Crippen LogP contribution in [0.25, 0.3) is 0 Å². The first-order chi connectivity index (χ1) is 6.76. The van der Waals surface area contributed by atoms with Gasteiger partial charge in [0.2, 0.25) is 0 Å². The molecule has 0 saturated carbocycles. The Bertz CT molecular complexity index is 260. The van der Waals surface area contributed by atoms with Gasteiger partial charge in [-0.25, -0.2) is 0 Å². The molecule has 0 amide bonds. The first-order valence-electron chi connectivity index (χ1n) is 4.68. The lowest BCUT2D eigenvalue weighted by molar-refractivity contribution is 0.348. The zero-order chi connectivity index (χ0) is 10.4. The molecule has 0 aromatic heterocycles. The summed E-state index contributed by atoms with van der Waals surface area (Å²) in [4.78, 5) is 2.24. The molecule has 78 valence electrons. The predicted octanol–water partition coefficient (Wildman–Crippen LogP) is 2.06. The van der Waals surface area contributed by atoms with Crippen LogP contribution >= 0.6 is 12.6 Å². The third kappa shape index (κ3) is 3.60. The van der Waals surface area contributed by atoms with Crippen molar-refractivity contribution in [3.63, 3.8) is 0 Å². The topological polar surface area (TPSA) is 12.5 Å². The Morgan fingerprint density at radius 3 is 2.43 bits per heavy atom. The molecule has 0 heterocycles. The lowest BCUT2D eigenvalue weighted by Gasteiger charge is -2.15. The highest BCUT2D eigenvalue weighted by Gasteiger charge is 1.99. The molecule has 0 aliphatic carbocycles. The van der Waals surface area contributed by atoms with Crippen LogP contribution in [-0.4, -0.2) is 31.4 Å². The number of benzene rings is 1. The van der Waals surface area contributed by atoms with Crippen molar-refractivity contribution in [2.45, 2.75) is 6.54 Å². The third-order valence-corrected chi connectivity index (χ3v) is 2.29. The van der Waals surface area contributed by atoms with E-state index >= 15 is 0 Å². The van der Waals surface area contributed by atoms with Gasteiger partial charge < -0.3 is 9.64 Å². The lowest BCUT2D eigenvalue weighted by atomic mass is 10.2. The Hall–Kier alpha value is -0.670. The minimum Gasteiger partial charge on any atom is -0.497 e. The van der Waals surface area contributed by atoms with Gasteiger partial charge in [0.25, 0.3) is 0 Å². The second kappa shape index (κ2) is 5.94. The van der Waals surface area contributed by atoms with Gasteiger partial charge in [-0.2, -0.15) is 12.6 Å². The maximum Gasteiger partial charge on any atom is 0.118 e. The van der Waals surface area contributed by atoms with Gasteiger partial charge in [-0.05, 0) is 24.7 Å². The first kappa shape index (κ1) is 11.4. The summed E-state index contributed by atoms with van der Waals surface area (Å²) >= 11 is 4.20. The van der Waals surface area contributed by atoms with E-state index in [2.05, 4.69) is 36.7 Å². The van der Waals surface area contributed by atoms with E-state index in [-0.39, 0.29) is 0 Å². The second-order valence-corrected chi connectivity index (χ2v) is 3.76. The molecule has 0 N–H and O–H groups in total. The zero-order valence-corrected chi connectivity index (χ0v) is 9.63. The number of ether oxygens (including phenoxy) is 1. The normalized spacial score (nSPS) is 10.6. The van der Waals surface area contributed by atoms with Crippen LogP contribution in [0.5, 0.6) is 5.75 Å². The molecule has 0 unspecified atom stereocenters. The maximum absolute atomic E-state index is 5.10. The SMILES string of the molecule is COc1ccc(CN(C)CCS)cc1. The van der Waals surface area contributed by atoms with E-state index in [1.807, 2.05) is 12.1 Å². The van der Waals surface area contributed by atoms with Gasteiger partial charge in [0.05, 0.1) is 7.11 Å². The zero-order valence-electron chi connectivity index (χ0n) is 8.73. The number of methoxy groups -OCH3 is 1. The highest BCUT2D eigenvalue weighted by Crippen LogP contribution is 2.12. The summed E-state index contributed by atoms with van der Waals surface area (Å²) in [6.07, 6.45) is 0. The minimum atomic E-state index is 0.895. The highest BCUT2D eigenvalue weighted by atomic mass is 32.1. The number of thiol groups is 1. The van der Waals surface area contributed by atoms with Gasteiger partial charge in [0.1, 0.15) is 5.75 Å². The van der Waals surface area contributed by atoms with Crippen molar-refractivity contribution >= 4 is 12.6 Å². The van der Waals surface area contributed by atoms with Gasteiger partial charge >= 0.3 is 0 Å². The fraction of sp³-hybridized carbons (Fsp3) is 0.455. The number of hydrogen-bond donors (Lipinski definition) is 1. The first-order valence-corrected chi connectivity index (χ1v) is 5.32. The number of rotatable bonds is 5. The van der Waals surface area contributed by atoms with Crippen molar-refractivity contribution in [1.29, 1.82) is 0 Å². The van der Waals surface area contributed by atoms with Crippen molar-refractivity contribution < 1.29 is 4.74 Å². The molecule has 2 nitrogen and oxygen atoms in total. The highest BCUT2D eigenvalue weighted by molar-refractivity contribution is 7.80. The van der Waals surface area contributed by atoms with Gasteiger partial charge in [-0.1, -0.05) is 12.1 Å². The molecule has 1 rings (SSSR count). The van der Waals surface area contributed by atoms with Crippen LogP contribution in [0.3, 0.4) is 0 Å². The standard InChI is InChI=1S/C11H17NOS/c1-12(7-8-14)9-10-3-5-11(13-2)6-4-10/h3-6,14H,7-9H2,1-2H3. The monoisotopic (exact) mass is 211 g/mol. The van der Waals surface area contributed by atoms with Crippen LogP contribution in [0.1, 0.15) is 5.56 Å². The smallest absolute Gasteiger partial charge is 0.118 e. The van der Waals surface area contributed by atoms with Crippen molar-refractivity contribution in [2.24, 2.45) is 0 Å². The van der Waals surface area contributed by atoms with E-state index in [4.69, 9.17) is 4.74 Å². The van der Waals surface area contributed by atoms with E-state index in [0.29, 0.717) is 0 Å². The largest absolute Gasteiger partial charge is 0.497 e. The molecule has 1 aromatic carbocycles. The van der Waals surface area contributed by atoms with Crippen LogP contribution in [0.15, 0.2) is 24.3 Å². The Balaban J connectivity index is 2.50. The molecular formula is C11H17NOS. The summed E-state index contributed by atoms with van der Waals surface area (Å²) < 4.78 is 5.10. The Morgan fingerprint density at radius 1 is 1.29 bits per heavy atom. The summed E-state index contributed by atoms with van der Waals surface area (Å²) in [5.41, 5.74) is 1.30. The molecule has 0 aliphatic heterocycles. The second-order valence-electron chi connectivity index (χ2n) is 3.31. The number of nitrogens with zero attached hydrogens (tertiary/aromatic N) is 1. The van der Waals surface area contributed by atoms with E-state index in [1.54, 1.807) is 7.11 Å². The molecule has 3 heteroatoms. The van der Waals surface area contributed by atoms with E-state index in [9.17, 15) is 0 Å². The molecule has 0 aliphatic rings. The van der Waals surface area contributed by atoms with Gasteiger partial charge in [-0.3, -0.25) is 0 Å². The van der Waals surface area contributed by atoms with Gasteiger partial charge in [-0.15, -0.1) is 0 Å². The van der Waals surface area contributed by atoms with Gasteiger partial charge in [0, 0.05) is 18.8 Å². The lowest BCUT2D eigenvalue weighted by Crippen LogP contribution is -2.19. The average Bonchev–Trinajstić information content (AvgIpc) is 2.19. The third-order valence-electron chi connectivity index (χ3n) is 2.09. The average molecular weight is 211 g/mol. The Labute approximate surface area is 91.3 Å². The molecule has 0 bridgehead atoms. The summed E-state index contributed by atoms with van der Waals surface area (Å²) in [7, 11) is 3.78. The van der Waals surface area contributed by atoms with Crippen molar-refractivity contribution in [3.8, 4) is 5.75 Å². The molecule has 1 aromatic rings. The van der Waals surface area contributed by atoms with Crippen molar-refractivity contribution in [2.75, 3.05) is 26.5 Å². The van der Waals surface area contributed by atoms with Crippen molar-refractivity contribution in [3.05, 3.63) is 29.8 Å². The van der Waals surface area contributed by atoms with Crippen LogP contribution in [0.4, 0.5) is 0 Å². The van der Waals surface area contributed by atoms with E-state index in [1.165, 1.54) is 5.56 Å². The molecule has 0 atom stereocenters. The Morgan fingerprint density at radius 2 is 1.93 bits per heavy atom. The molecule has 0 radical (unpaired) electrons. The Kier molecular flexibility index (Phi) is 4.84. The quantitative estimate of drug-likeness (QED) is 0.748. The van der Waals surface area contributed by atoms with Crippen LogP contribution in [0.2, 0.25) is 0 Å². The summed E-state index contributed by atoms with van der Waals surface area (Å²) in [5, 5.41) is 0. The van der Waals surface area contributed by atoms with Crippen LogP contribution in [-0.2, 0) is 6.54 Å².